The molecule has 0 unspecified atom stereocenters. The van der Waals surface area contributed by atoms with E-state index in [1.807, 2.05) is 30.3 Å². The van der Waals surface area contributed by atoms with E-state index in [-0.39, 0.29) is 5.78 Å². The molecule has 0 aliphatic carbocycles. The molecule has 0 N–H and O–H groups in total. The van der Waals surface area contributed by atoms with Crippen molar-refractivity contribution in [2.75, 3.05) is 7.11 Å². The molecule has 1 aromatic carbocycles. The highest BCUT2D eigenvalue weighted by molar-refractivity contribution is 6.12. The Morgan fingerprint density at radius 3 is 2.36 bits per heavy atom. The van der Waals surface area contributed by atoms with Crippen molar-refractivity contribution in [2.45, 2.75) is 6.92 Å². The highest BCUT2D eigenvalue weighted by Gasteiger charge is 2.25. The van der Waals surface area contributed by atoms with Crippen LogP contribution in [0.25, 0.3) is 5.52 Å². The van der Waals surface area contributed by atoms with Crippen molar-refractivity contribution in [3.8, 4) is 0 Å². The van der Waals surface area contributed by atoms with E-state index >= 15 is 0 Å². The number of pyridine rings is 1. The highest BCUT2D eigenvalue weighted by Crippen LogP contribution is 2.26. The molecule has 4 heteroatoms. The zero-order valence-corrected chi connectivity index (χ0v) is 12.4. The van der Waals surface area contributed by atoms with Crippen LogP contribution in [0.15, 0.2) is 54.7 Å². The lowest BCUT2D eigenvalue weighted by atomic mass is 10.0. The van der Waals surface area contributed by atoms with E-state index in [1.165, 1.54) is 7.11 Å². The maximum Gasteiger partial charge on any atom is 0.340 e. The zero-order chi connectivity index (χ0) is 15.7. The molecule has 22 heavy (non-hydrogen) atoms. The molecule has 0 spiro atoms. The van der Waals surface area contributed by atoms with Gasteiger partial charge in [0.15, 0.2) is 0 Å². The van der Waals surface area contributed by atoms with Gasteiger partial charge < -0.3 is 9.14 Å². The Balaban J connectivity index is 2.29. The van der Waals surface area contributed by atoms with Crippen LogP contribution in [-0.4, -0.2) is 23.3 Å². The van der Waals surface area contributed by atoms with Crippen LogP contribution in [0.4, 0.5) is 0 Å². The van der Waals surface area contributed by atoms with Crippen LogP contribution in [0.5, 0.6) is 0 Å². The van der Waals surface area contributed by atoms with E-state index in [0.29, 0.717) is 27.9 Å². The minimum absolute atomic E-state index is 0.116. The van der Waals surface area contributed by atoms with E-state index < -0.39 is 5.97 Å². The van der Waals surface area contributed by atoms with Crippen molar-refractivity contribution < 1.29 is 14.3 Å². The predicted octanol–water partition coefficient (Wildman–Crippen LogP) is 3.27. The molecule has 0 fully saturated rings. The third-order valence-electron chi connectivity index (χ3n) is 3.73. The second-order valence-corrected chi connectivity index (χ2v) is 4.99. The Bertz CT molecular complexity index is 863. The Morgan fingerprint density at radius 2 is 1.68 bits per heavy atom. The summed E-state index contributed by atoms with van der Waals surface area (Å²) in [6.07, 6.45) is 1.78. The van der Waals surface area contributed by atoms with Gasteiger partial charge in [-0.3, -0.25) is 4.79 Å². The number of ether oxygens (including phenoxy) is 1. The quantitative estimate of drug-likeness (QED) is 0.550. The molecule has 0 amide bonds. The van der Waals surface area contributed by atoms with Crippen LogP contribution in [0, 0.1) is 6.92 Å². The van der Waals surface area contributed by atoms with Crippen molar-refractivity contribution in [3.05, 3.63) is 77.1 Å². The summed E-state index contributed by atoms with van der Waals surface area (Å²) in [4.78, 5) is 24.9. The van der Waals surface area contributed by atoms with Gasteiger partial charge in [0.05, 0.1) is 23.9 Å². The van der Waals surface area contributed by atoms with Crippen molar-refractivity contribution >= 4 is 17.3 Å². The summed E-state index contributed by atoms with van der Waals surface area (Å²) in [5, 5.41) is 0. The molecule has 0 saturated heterocycles. The SMILES string of the molecule is COC(=O)c1c(C)c(C(=O)c2ccccc2)n2ccccc12. The molecule has 0 radical (unpaired) electrons. The van der Waals surface area contributed by atoms with Gasteiger partial charge in [-0.2, -0.15) is 0 Å². The molecule has 0 aliphatic rings. The molecule has 0 saturated carbocycles. The van der Waals surface area contributed by atoms with Gasteiger partial charge in [0.1, 0.15) is 0 Å². The first kappa shape index (κ1) is 14.1. The fourth-order valence-corrected chi connectivity index (χ4v) is 2.70. The fourth-order valence-electron chi connectivity index (χ4n) is 2.70. The number of methoxy groups -OCH3 is 1. The zero-order valence-electron chi connectivity index (χ0n) is 12.4. The van der Waals surface area contributed by atoms with Gasteiger partial charge in [-0.1, -0.05) is 36.4 Å². The van der Waals surface area contributed by atoms with Crippen molar-refractivity contribution in [2.24, 2.45) is 0 Å². The summed E-state index contributed by atoms with van der Waals surface area (Å²) in [7, 11) is 1.34. The number of hydrogen-bond acceptors (Lipinski definition) is 3. The van der Waals surface area contributed by atoms with Crippen LogP contribution >= 0.6 is 0 Å². The third kappa shape index (κ3) is 2.09. The Kier molecular flexibility index (Phi) is 3.51. The van der Waals surface area contributed by atoms with Crippen LogP contribution in [0.3, 0.4) is 0 Å². The molecule has 4 nitrogen and oxygen atoms in total. The van der Waals surface area contributed by atoms with Gasteiger partial charge >= 0.3 is 5.97 Å². The molecule has 0 bridgehead atoms. The summed E-state index contributed by atoms with van der Waals surface area (Å²) in [5.74, 6) is -0.553. The van der Waals surface area contributed by atoms with Crippen LogP contribution in [0.1, 0.15) is 32.0 Å². The van der Waals surface area contributed by atoms with Gasteiger partial charge in [0.2, 0.25) is 5.78 Å². The number of fused-ring (bicyclic) bond motifs is 1. The summed E-state index contributed by atoms with van der Waals surface area (Å²) in [5.41, 5.74) is 2.81. The number of aromatic nitrogens is 1. The molecule has 110 valence electrons. The Morgan fingerprint density at radius 1 is 1.00 bits per heavy atom. The molecular formula is C18H15NO3. The van der Waals surface area contributed by atoms with Crippen molar-refractivity contribution in [1.82, 2.24) is 4.40 Å². The lowest BCUT2D eigenvalue weighted by Crippen LogP contribution is -2.07. The summed E-state index contributed by atoms with van der Waals surface area (Å²) >= 11 is 0. The number of hydrogen-bond donors (Lipinski definition) is 0. The molecule has 2 aromatic heterocycles. The maximum atomic E-state index is 12.8. The first-order valence-electron chi connectivity index (χ1n) is 6.93. The number of ketones is 1. The number of carbonyl (C=O) groups is 2. The Labute approximate surface area is 128 Å². The van der Waals surface area contributed by atoms with E-state index in [2.05, 4.69) is 0 Å². The molecule has 3 aromatic rings. The number of carbonyl (C=O) groups excluding carboxylic acids is 2. The smallest absolute Gasteiger partial charge is 0.340 e. The average Bonchev–Trinajstić information content (AvgIpc) is 2.86. The van der Waals surface area contributed by atoms with Crippen molar-refractivity contribution in [3.63, 3.8) is 0 Å². The second-order valence-electron chi connectivity index (χ2n) is 4.99. The molecule has 2 heterocycles. The van der Waals surface area contributed by atoms with Crippen LogP contribution in [0.2, 0.25) is 0 Å². The summed E-state index contributed by atoms with van der Waals surface area (Å²) in [6.45, 7) is 1.77. The van der Waals surface area contributed by atoms with Crippen molar-refractivity contribution in [1.29, 1.82) is 0 Å². The number of rotatable bonds is 3. The first-order valence-corrected chi connectivity index (χ1v) is 6.93. The predicted molar refractivity (Wildman–Crippen MR) is 83.3 cm³/mol. The van der Waals surface area contributed by atoms with Gasteiger partial charge in [0.25, 0.3) is 0 Å². The number of esters is 1. The maximum absolute atomic E-state index is 12.8. The second kappa shape index (κ2) is 5.48. The van der Waals surface area contributed by atoms with E-state index in [9.17, 15) is 9.59 Å². The van der Waals surface area contributed by atoms with Gasteiger partial charge in [-0.25, -0.2) is 4.79 Å². The molecule has 0 atom stereocenters. The van der Waals surface area contributed by atoms with Gasteiger partial charge in [-0.15, -0.1) is 0 Å². The van der Waals surface area contributed by atoms with E-state index in [0.717, 1.165) is 0 Å². The monoisotopic (exact) mass is 293 g/mol. The average molecular weight is 293 g/mol. The third-order valence-corrected chi connectivity index (χ3v) is 3.73. The Hall–Kier alpha value is -2.88. The van der Waals surface area contributed by atoms with E-state index in [4.69, 9.17) is 4.74 Å². The van der Waals surface area contributed by atoms with Gasteiger partial charge in [-0.05, 0) is 24.6 Å². The minimum Gasteiger partial charge on any atom is -0.465 e. The summed E-state index contributed by atoms with van der Waals surface area (Å²) < 4.78 is 6.61. The summed E-state index contributed by atoms with van der Waals surface area (Å²) in [6, 6.07) is 14.5. The fraction of sp³-hybridized carbons (Fsp3) is 0.111. The normalized spacial score (nSPS) is 10.6. The molecule has 0 aliphatic heterocycles. The standard InChI is InChI=1S/C18H15NO3/c1-12-15(18(21)22-2)14-10-6-7-11-19(14)16(12)17(20)13-8-4-3-5-9-13/h3-11H,1-2H3. The van der Waals surface area contributed by atoms with Crippen LogP contribution in [-0.2, 0) is 4.74 Å². The van der Waals surface area contributed by atoms with E-state index in [1.54, 1.807) is 35.7 Å². The topological polar surface area (TPSA) is 47.8 Å². The lowest BCUT2D eigenvalue weighted by molar-refractivity contribution is 0.0602. The highest BCUT2D eigenvalue weighted by atomic mass is 16.5. The number of benzene rings is 1. The van der Waals surface area contributed by atoms with Gasteiger partial charge in [0, 0.05) is 11.8 Å². The lowest BCUT2D eigenvalue weighted by Gasteiger charge is -2.03. The van der Waals surface area contributed by atoms with Crippen LogP contribution < -0.4 is 0 Å². The molecular weight excluding hydrogens is 278 g/mol. The molecule has 3 rings (SSSR count). The number of nitrogens with zero attached hydrogens (tertiary/aromatic N) is 1. The minimum atomic E-state index is -0.437. The first-order chi connectivity index (χ1) is 10.6. The largest absolute Gasteiger partial charge is 0.465 e.